The van der Waals surface area contributed by atoms with Gasteiger partial charge in [0.05, 0.1) is 0 Å². The first kappa shape index (κ1) is 13.2. The minimum absolute atomic E-state index is 0.0262. The number of amides is 1. The molecule has 0 radical (unpaired) electrons. The van der Waals surface area contributed by atoms with Gasteiger partial charge in [0, 0.05) is 12.2 Å². The Hall–Kier alpha value is -2.49. The van der Waals surface area contributed by atoms with E-state index in [1.165, 1.54) is 5.56 Å². The van der Waals surface area contributed by atoms with Crippen LogP contribution in [0.25, 0.3) is 0 Å². The number of ether oxygens (including phenoxy) is 2. The largest absolute Gasteiger partial charge is 0.485 e. The summed E-state index contributed by atoms with van der Waals surface area (Å²) >= 11 is 0. The molecule has 4 nitrogen and oxygen atoms in total. The van der Waals surface area contributed by atoms with Crippen molar-refractivity contribution < 1.29 is 14.3 Å². The summed E-state index contributed by atoms with van der Waals surface area (Å²) in [7, 11) is 0. The Morgan fingerprint density at radius 1 is 1.05 bits per heavy atom. The molecule has 2 heterocycles. The van der Waals surface area contributed by atoms with Crippen LogP contribution in [0.5, 0.6) is 11.5 Å². The summed E-state index contributed by atoms with van der Waals surface area (Å²) in [5.74, 6) is 1.31. The van der Waals surface area contributed by atoms with Gasteiger partial charge in [-0.15, -0.1) is 0 Å². The van der Waals surface area contributed by atoms with Crippen LogP contribution in [0.2, 0.25) is 0 Å². The summed E-state index contributed by atoms with van der Waals surface area (Å²) in [4.78, 5) is 14.7. The predicted octanol–water partition coefficient (Wildman–Crippen LogP) is 2.81. The number of hydrogen-bond acceptors (Lipinski definition) is 3. The lowest BCUT2D eigenvalue weighted by atomic mass is 10.0. The van der Waals surface area contributed by atoms with Crippen LogP contribution in [0.3, 0.4) is 0 Å². The van der Waals surface area contributed by atoms with Crippen molar-refractivity contribution in [2.45, 2.75) is 18.9 Å². The Morgan fingerprint density at radius 3 is 2.73 bits per heavy atom. The second-order valence-corrected chi connectivity index (χ2v) is 5.59. The van der Waals surface area contributed by atoms with Crippen molar-refractivity contribution in [3.05, 3.63) is 54.1 Å². The first-order valence-corrected chi connectivity index (χ1v) is 7.61. The Labute approximate surface area is 129 Å². The Kier molecular flexibility index (Phi) is 3.22. The normalized spacial score (nSPS) is 19.5. The van der Waals surface area contributed by atoms with E-state index < -0.39 is 6.10 Å². The highest BCUT2D eigenvalue weighted by molar-refractivity contribution is 5.98. The average molecular weight is 295 g/mol. The van der Waals surface area contributed by atoms with Crippen LogP contribution in [0.15, 0.2) is 48.5 Å². The summed E-state index contributed by atoms with van der Waals surface area (Å²) in [5, 5.41) is 0. The highest BCUT2D eigenvalue weighted by Gasteiger charge is 2.33. The maximum atomic E-state index is 12.8. The van der Waals surface area contributed by atoms with Gasteiger partial charge in [0.1, 0.15) is 6.61 Å². The van der Waals surface area contributed by atoms with Crippen LogP contribution < -0.4 is 14.4 Å². The molecule has 2 aliphatic heterocycles. The van der Waals surface area contributed by atoms with Crippen molar-refractivity contribution in [1.29, 1.82) is 0 Å². The summed E-state index contributed by atoms with van der Waals surface area (Å²) < 4.78 is 11.5. The quantitative estimate of drug-likeness (QED) is 0.812. The second-order valence-electron chi connectivity index (χ2n) is 5.59. The minimum Gasteiger partial charge on any atom is -0.485 e. The van der Waals surface area contributed by atoms with Crippen molar-refractivity contribution in [3.8, 4) is 11.5 Å². The number of rotatable bonds is 1. The van der Waals surface area contributed by atoms with Gasteiger partial charge in [-0.3, -0.25) is 4.79 Å². The number of anilines is 1. The number of fused-ring (bicyclic) bond motifs is 2. The highest BCUT2D eigenvalue weighted by atomic mass is 16.6. The third kappa shape index (κ3) is 2.21. The maximum absolute atomic E-state index is 12.8. The molecule has 0 aliphatic carbocycles. The zero-order valence-electron chi connectivity index (χ0n) is 12.2. The van der Waals surface area contributed by atoms with Crippen molar-refractivity contribution in [1.82, 2.24) is 0 Å². The summed E-state index contributed by atoms with van der Waals surface area (Å²) in [6.07, 6.45) is 1.42. The third-order valence-corrected chi connectivity index (χ3v) is 4.16. The van der Waals surface area contributed by atoms with Crippen LogP contribution in [0.1, 0.15) is 12.0 Å². The molecule has 1 unspecified atom stereocenters. The Morgan fingerprint density at radius 2 is 1.82 bits per heavy atom. The topological polar surface area (TPSA) is 38.8 Å². The van der Waals surface area contributed by atoms with Crippen LogP contribution in [0.4, 0.5) is 5.69 Å². The van der Waals surface area contributed by atoms with Crippen molar-refractivity contribution in [3.63, 3.8) is 0 Å². The zero-order valence-corrected chi connectivity index (χ0v) is 12.2. The number of hydrogen-bond donors (Lipinski definition) is 0. The van der Waals surface area contributed by atoms with Gasteiger partial charge in [0.15, 0.2) is 11.5 Å². The van der Waals surface area contributed by atoms with E-state index in [0.29, 0.717) is 11.5 Å². The van der Waals surface area contributed by atoms with E-state index >= 15 is 0 Å². The van der Waals surface area contributed by atoms with Gasteiger partial charge >= 0.3 is 0 Å². The molecule has 0 spiro atoms. The highest BCUT2D eigenvalue weighted by Crippen LogP contribution is 2.33. The van der Waals surface area contributed by atoms with E-state index in [2.05, 4.69) is 6.07 Å². The van der Waals surface area contributed by atoms with Crippen LogP contribution in [0, 0.1) is 0 Å². The number of carbonyl (C=O) groups is 1. The monoisotopic (exact) mass is 295 g/mol. The molecule has 4 heteroatoms. The standard InChI is InChI=1S/C18H17NO3/c20-18(17-12-21-15-9-3-4-10-16(15)22-17)19-11-5-7-13-6-1-2-8-14(13)19/h1-4,6,8-10,17H,5,7,11-12H2. The lowest BCUT2D eigenvalue weighted by molar-refractivity contribution is -0.127. The third-order valence-electron chi connectivity index (χ3n) is 4.16. The number of aryl methyl sites for hydroxylation is 1. The van der Waals surface area contributed by atoms with Gasteiger partial charge in [0.2, 0.25) is 6.10 Å². The molecular formula is C18H17NO3. The van der Waals surface area contributed by atoms with E-state index in [0.717, 1.165) is 25.1 Å². The smallest absolute Gasteiger partial charge is 0.271 e. The lowest BCUT2D eigenvalue weighted by Gasteiger charge is -2.34. The Balaban J connectivity index is 1.59. The van der Waals surface area contributed by atoms with Crippen molar-refractivity contribution in [2.24, 2.45) is 0 Å². The summed E-state index contributed by atoms with van der Waals surface area (Å²) in [6, 6.07) is 15.5. The molecule has 0 aromatic heterocycles. The van der Waals surface area contributed by atoms with E-state index in [1.807, 2.05) is 47.4 Å². The Bertz CT molecular complexity index is 713. The molecule has 2 aromatic rings. The molecule has 22 heavy (non-hydrogen) atoms. The number of para-hydroxylation sites is 3. The van der Waals surface area contributed by atoms with Crippen LogP contribution >= 0.6 is 0 Å². The first-order valence-electron chi connectivity index (χ1n) is 7.61. The summed E-state index contributed by atoms with van der Waals surface area (Å²) in [6.45, 7) is 0.992. The van der Waals surface area contributed by atoms with E-state index in [9.17, 15) is 4.79 Å². The molecular weight excluding hydrogens is 278 g/mol. The fourth-order valence-electron chi connectivity index (χ4n) is 3.08. The van der Waals surface area contributed by atoms with E-state index in [1.54, 1.807) is 0 Å². The lowest BCUT2D eigenvalue weighted by Crippen LogP contribution is -2.48. The zero-order chi connectivity index (χ0) is 14.9. The molecule has 0 fully saturated rings. The van der Waals surface area contributed by atoms with Crippen molar-refractivity contribution in [2.75, 3.05) is 18.1 Å². The predicted molar refractivity (Wildman–Crippen MR) is 83.5 cm³/mol. The molecule has 2 aromatic carbocycles. The molecule has 0 saturated heterocycles. The molecule has 0 saturated carbocycles. The van der Waals surface area contributed by atoms with E-state index in [-0.39, 0.29) is 12.5 Å². The molecule has 1 amide bonds. The summed E-state index contributed by atoms with van der Waals surface area (Å²) in [5.41, 5.74) is 2.22. The van der Waals surface area contributed by atoms with E-state index in [4.69, 9.17) is 9.47 Å². The minimum atomic E-state index is -0.582. The number of carbonyl (C=O) groups excluding carboxylic acids is 1. The van der Waals surface area contributed by atoms with Gasteiger partial charge in [-0.1, -0.05) is 30.3 Å². The average Bonchev–Trinajstić information content (AvgIpc) is 2.60. The maximum Gasteiger partial charge on any atom is 0.271 e. The van der Waals surface area contributed by atoms with Gasteiger partial charge in [-0.25, -0.2) is 0 Å². The van der Waals surface area contributed by atoms with Crippen molar-refractivity contribution >= 4 is 11.6 Å². The molecule has 1 atom stereocenters. The number of nitrogens with zero attached hydrogens (tertiary/aromatic N) is 1. The van der Waals surface area contributed by atoms with Gasteiger partial charge in [0.25, 0.3) is 5.91 Å². The SMILES string of the molecule is O=C(C1COc2ccccc2O1)N1CCCc2ccccc21. The molecule has 112 valence electrons. The van der Waals surface area contributed by atoms with Gasteiger partial charge in [-0.2, -0.15) is 0 Å². The van der Waals surface area contributed by atoms with Gasteiger partial charge < -0.3 is 14.4 Å². The molecule has 0 bridgehead atoms. The molecule has 2 aliphatic rings. The first-order chi connectivity index (χ1) is 10.8. The fourth-order valence-corrected chi connectivity index (χ4v) is 3.08. The molecule has 4 rings (SSSR count). The number of benzene rings is 2. The van der Waals surface area contributed by atoms with Gasteiger partial charge in [-0.05, 0) is 36.6 Å². The fraction of sp³-hybridized carbons (Fsp3) is 0.278. The van der Waals surface area contributed by atoms with Crippen LogP contribution in [-0.2, 0) is 11.2 Å². The molecule has 0 N–H and O–H groups in total. The van der Waals surface area contributed by atoms with Crippen LogP contribution in [-0.4, -0.2) is 25.2 Å². The second kappa shape index (κ2) is 5.37.